The number of aromatic nitrogens is 5. The summed E-state index contributed by atoms with van der Waals surface area (Å²) in [4.78, 5) is 17.1. The molecule has 1 amide bonds. The molecule has 0 atom stereocenters. The number of hydrogen-bond donors (Lipinski definition) is 2. The highest BCUT2D eigenvalue weighted by Gasteiger charge is 2.30. The first-order chi connectivity index (χ1) is 18.8. The number of imidazole rings is 1. The molecule has 39 heavy (non-hydrogen) atoms. The van der Waals surface area contributed by atoms with Crippen molar-refractivity contribution < 1.29 is 22.5 Å². The van der Waals surface area contributed by atoms with Crippen molar-refractivity contribution in [2.24, 2.45) is 0 Å². The fourth-order valence-corrected chi connectivity index (χ4v) is 4.27. The van der Waals surface area contributed by atoms with Gasteiger partial charge in [-0.2, -0.15) is 18.3 Å². The van der Waals surface area contributed by atoms with E-state index in [0.29, 0.717) is 0 Å². The van der Waals surface area contributed by atoms with Gasteiger partial charge in [0.25, 0.3) is 0 Å². The summed E-state index contributed by atoms with van der Waals surface area (Å²) in [7, 11) is 0. The van der Waals surface area contributed by atoms with Gasteiger partial charge in [-0.15, -0.1) is 0 Å². The van der Waals surface area contributed by atoms with E-state index in [0.717, 1.165) is 45.5 Å². The van der Waals surface area contributed by atoms with Crippen LogP contribution in [-0.4, -0.2) is 30.8 Å². The Morgan fingerprint density at radius 3 is 2.59 bits per heavy atom. The van der Waals surface area contributed by atoms with Crippen LogP contribution in [0.15, 0.2) is 96.0 Å². The van der Waals surface area contributed by atoms with Crippen molar-refractivity contribution in [3.63, 3.8) is 0 Å². The lowest BCUT2D eigenvalue weighted by Gasteiger charge is -2.07. The van der Waals surface area contributed by atoms with E-state index in [1.54, 1.807) is 12.5 Å². The molecule has 3 aromatic carbocycles. The molecule has 6 aromatic rings. The Balaban J connectivity index is 1.12. The van der Waals surface area contributed by atoms with E-state index in [1.807, 2.05) is 53.2 Å². The average molecular weight is 528 g/mol. The van der Waals surface area contributed by atoms with Crippen LogP contribution in [-0.2, 0) is 17.4 Å². The van der Waals surface area contributed by atoms with Gasteiger partial charge in [0, 0.05) is 29.1 Å². The monoisotopic (exact) mass is 528 g/mol. The minimum Gasteiger partial charge on any atom is -0.338 e. The van der Waals surface area contributed by atoms with Crippen molar-refractivity contribution in [2.75, 3.05) is 5.32 Å². The Morgan fingerprint density at radius 1 is 0.974 bits per heavy atom. The number of carbonyl (C=O) groups is 1. The molecule has 0 radical (unpaired) electrons. The summed E-state index contributed by atoms with van der Waals surface area (Å²) in [5.74, 6) is -0.307. The molecular formula is C28H19F3N6O2. The zero-order valence-electron chi connectivity index (χ0n) is 20.1. The van der Waals surface area contributed by atoms with Gasteiger partial charge in [0.05, 0.1) is 29.2 Å². The number of hydrogen-bond acceptors (Lipinski definition) is 5. The summed E-state index contributed by atoms with van der Waals surface area (Å²) in [6.07, 6.45) is 0.924. The smallest absolute Gasteiger partial charge is 0.338 e. The number of halogens is 3. The molecule has 8 nitrogen and oxygen atoms in total. The molecule has 0 bridgehead atoms. The minimum absolute atomic E-state index is 0.0451. The second kappa shape index (κ2) is 9.60. The highest BCUT2D eigenvalue weighted by molar-refractivity contribution is 5.91. The minimum atomic E-state index is -4.47. The molecule has 0 aliphatic rings. The quantitative estimate of drug-likeness (QED) is 0.265. The number of nitrogens with zero attached hydrogens (tertiary/aromatic N) is 4. The zero-order valence-corrected chi connectivity index (χ0v) is 20.1. The van der Waals surface area contributed by atoms with Crippen LogP contribution in [0.25, 0.3) is 39.1 Å². The molecule has 0 saturated heterocycles. The standard InChI is InChI=1S/C28H19F3N6O2/c29-28(30,31)21-3-1-2-19(11-21)23-13-27(39-36-23)35-26(38)10-17-4-7-22(8-5-17)37-16-32-24-12-18(6-9-25(24)37)20-14-33-34-15-20/h1-9,11-16H,10H2,(H,33,34)(H,35,38). The number of aromatic amines is 1. The summed E-state index contributed by atoms with van der Waals surface area (Å²) < 4.78 is 46.1. The molecule has 194 valence electrons. The fraction of sp³-hybridized carbons (Fsp3) is 0.0714. The first kappa shape index (κ1) is 24.2. The molecule has 0 aliphatic carbocycles. The van der Waals surface area contributed by atoms with E-state index >= 15 is 0 Å². The third kappa shape index (κ3) is 5.01. The van der Waals surface area contributed by atoms with E-state index in [4.69, 9.17) is 4.52 Å². The lowest BCUT2D eigenvalue weighted by Crippen LogP contribution is -2.13. The van der Waals surface area contributed by atoms with Gasteiger partial charge in [0.15, 0.2) is 0 Å². The van der Waals surface area contributed by atoms with Crippen LogP contribution in [0.5, 0.6) is 0 Å². The van der Waals surface area contributed by atoms with Crippen LogP contribution in [0.2, 0.25) is 0 Å². The predicted molar refractivity (Wildman–Crippen MR) is 138 cm³/mol. The number of anilines is 1. The van der Waals surface area contributed by atoms with Crippen LogP contribution in [0.4, 0.5) is 19.1 Å². The maximum atomic E-state index is 13.0. The van der Waals surface area contributed by atoms with Gasteiger partial charge in [-0.25, -0.2) is 4.98 Å². The van der Waals surface area contributed by atoms with E-state index < -0.39 is 11.7 Å². The maximum Gasteiger partial charge on any atom is 0.416 e. The number of fused-ring (bicyclic) bond motifs is 1. The molecule has 11 heteroatoms. The first-order valence-electron chi connectivity index (χ1n) is 11.8. The largest absolute Gasteiger partial charge is 0.416 e. The number of carbonyl (C=O) groups excluding carboxylic acids is 1. The summed E-state index contributed by atoms with van der Waals surface area (Å²) in [6, 6.07) is 19.6. The van der Waals surface area contributed by atoms with Gasteiger partial charge >= 0.3 is 6.18 Å². The Bertz CT molecular complexity index is 1770. The third-order valence-electron chi connectivity index (χ3n) is 6.22. The van der Waals surface area contributed by atoms with E-state index in [1.165, 1.54) is 18.2 Å². The van der Waals surface area contributed by atoms with Gasteiger partial charge in [0.1, 0.15) is 12.0 Å². The lowest BCUT2D eigenvalue weighted by atomic mass is 10.1. The second-order valence-corrected chi connectivity index (χ2v) is 8.85. The number of alkyl halides is 3. The summed E-state index contributed by atoms with van der Waals surface area (Å²) >= 11 is 0. The number of benzene rings is 3. The van der Waals surface area contributed by atoms with Crippen molar-refractivity contribution in [1.82, 2.24) is 24.9 Å². The van der Waals surface area contributed by atoms with Crippen molar-refractivity contribution in [3.8, 4) is 28.1 Å². The van der Waals surface area contributed by atoms with Crippen LogP contribution in [0.3, 0.4) is 0 Å². The predicted octanol–water partition coefficient (Wildman–Crippen LogP) is 6.27. The maximum absolute atomic E-state index is 13.0. The zero-order chi connectivity index (χ0) is 27.0. The molecule has 3 aromatic heterocycles. The number of amides is 1. The van der Waals surface area contributed by atoms with Gasteiger partial charge in [-0.05, 0) is 47.5 Å². The van der Waals surface area contributed by atoms with Gasteiger partial charge in [-0.3, -0.25) is 19.8 Å². The normalized spacial score (nSPS) is 11.7. The van der Waals surface area contributed by atoms with Crippen molar-refractivity contribution in [3.05, 3.63) is 103 Å². The average Bonchev–Trinajstić information content (AvgIpc) is 3.70. The third-order valence-corrected chi connectivity index (χ3v) is 6.22. The molecule has 0 unspecified atom stereocenters. The van der Waals surface area contributed by atoms with Crippen LogP contribution < -0.4 is 5.32 Å². The summed E-state index contributed by atoms with van der Waals surface area (Å²) in [5.41, 5.74) is 5.05. The van der Waals surface area contributed by atoms with Crippen molar-refractivity contribution >= 4 is 22.8 Å². The van der Waals surface area contributed by atoms with E-state index in [9.17, 15) is 18.0 Å². The number of rotatable bonds is 6. The molecule has 0 spiro atoms. The lowest BCUT2D eigenvalue weighted by molar-refractivity contribution is -0.137. The van der Waals surface area contributed by atoms with Crippen LogP contribution in [0, 0.1) is 0 Å². The molecule has 6 rings (SSSR count). The van der Waals surface area contributed by atoms with Gasteiger partial charge < -0.3 is 4.52 Å². The summed E-state index contributed by atoms with van der Waals surface area (Å²) in [6.45, 7) is 0. The van der Waals surface area contributed by atoms with Crippen LogP contribution in [0.1, 0.15) is 11.1 Å². The molecule has 2 N–H and O–H groups in total. The van der Waals surface area contributed by atoms with Gasteiger partial charge in [0.2, 0.25) is 11.8 Å². The Kier molecular flexibility index (Phi) is 5.95. The molecule has 0 fully saturated rings. The highest BCUT2D eigenvalue weighted by atomic mass is 19.4. The van der Waals surface area contributed by atoms with Crippen molar-refractivity contribution in [1.29, 1.82) is 0 Å². The molecule has 0 saturated carbocycles. The van der Waals surface area contributed by atoms with E-state index in [-0.39, 0.29) is 29.5 Å². The van der Waals surface area contributed by atoms with Crippen molar-refractivity contribution in [2.45, 2.75) is 12.6 Å². The molecule has 0 aliphatic heterocycles. The molecule has 3 heterocycles. The van der Waals surface area contributed by atoms with Crippen LogP contribution >= 0.6 is 0 Å². The van der Waals surface area contributed by atoms with E-state index in [2.05, 4.69) is 25.7 Å². The fourth-order valence-electron chi connectivity index (χ4n) is 4.27. The topological polar surface area (TPSA) is 102 Å². The number of nitrogens with one attached hydrogen (secondary N) is 2. The summed E-state index contributed by atoms with van der Waals surface area (Å²) in [5, 5.41) is 13.2. The number of H-pyrrole nitrogens is 1. The Hall–Kier alpha value is -5.19. The first-order valence-corrected chi connectivity index (χ1v) is 11.8. The molecular weight excluding hydrogens is 509 g/mol. The highest BCUT2D eigenvalue weighted by Crippen LogP contribution is 2.32. The second-order valence-electron chi connectivity index (χ2n) is 8.85. The SMILES string of the molecule is O=C(Cc1ccc(-n2cnc3cc(-c4cn[nH]c4)ccc32)cc1)Nc1cc(-c2cccc(C(F)(F)F)c2)no1. The van der Waals surface area contributed by atoms with Gasteiger partial charge in [-0.1, -0.05) is 35.5 Å². The Morgan fingerprint density at radius 2 is 1.82 bits per heavy atom. The Labute approximate surface area is 219 Å².